The Hall–Kier alpha value is -1.00. The Morgan fingerprint density at radius 2 is 1.89 bits per heavy atom. The summed E-state index contributed by atoms with van der Waals surface area (Å²) in [6.45, 7) is 6.74. The van der Waals surface area contributed by atoms with Gasteiger partial charge in [-0.25, -0.2) is 8.78 Å². The molecule has 1 N–H and O–H groups in total. The van der Waals surface area contributed by atoms with Gasteiger partial charge < -0.3 is 10.0 Å². The van der Waals surface area contributed by atoms with E-state index in [1.807, 2.05) is 0 Å². The van der Waals surface area contributed by atoms with Crippen LogP contribution in [0, 0.1) is 11.6 Å². The topological polar surface area (TPSA) is 23.5 Å². The van der Waals surface area contributed by atoms with Gasteiger partial charge in [-0.1, -0.05) is 26.0 Å². The van der Waals surface area contributed by atoms with E-state index >= 15 is 0 Å². The Kier molecular flexibility index (Phi) is 6.22. The van der Waals surface area contributed by atoms with Crippen LogP contribution in [0.1, 0.15) is 25.8 Å². The second kappa shape index (κ2) is 7.44. The van der Waals surface area contributed by atoms with Crippen molar-refractivity contribution in [2.75, 3.05) is 19.6 Å². The van der Waals surface area contributed by atoms with E-state index in [4.69, 9.17) is 0 Å². The van der Waals surface area contributed by atoms with Crippen LogP contribution < -0.4 is 0 Å². The van der Waals surface area contributed by atoms with Crippen molar-refractivity contribution in [1.29, 1.82) is 0 Å². The van der Waals surface area contributed by atoms with Gasteiger partial charge in [0, 0.05) is 13.0 Å². The maximum Gasteiger partial charge on any atom is 0.162 e. The summed E-state index contributed by atoms with van der Waals surface area (Å²) in [5, 5.41) is 9.84. The molecule has 1 unspecified atom stereocenters. The maximum atomic E-state index is 13.4. The van der Waals surface area contributed by atoms with Crippen molar-refractivity contribution in [2.24, 2.45) is 0 Å². The van der Waals surface area contributed by atoms with Crippen LogP contribution in [0.4, 0.5) is 8.78 Å². The summed E-state index contributed by atoms with van der Waals surface area (Å²) in [5.41, 5.74) is 0.238. The molecule has 0 aromatic heterocycles. The van der Waals surface area contributed by atoms with Gasteiger partial charge in [0.1, 0.15) is 0 Å². The lowest BCUT2D eigenvalue weighted by molar-refractivity contribution is 0.142. The van der Waals surface area contributed by atoms with Gasteiger partial charge in [-0.3, -0.25) is 0 Å². The molecule has 0 saturated heterocycles. The highest BCUT2D eigenvalue weighted by molar-refractivity contribution is 5.19. The van der Waals surface area contributed by atoms with Gasteiger partial charge >= 0.3 is 0 Å². The van der Waals surface area contributed by atoms with Gasteiger partial charge in [-0.15, -0.1) is 0 Å². The minimum atomic E-state index is -0.858. The Labute approximate surface area is 107 Å². The summed E-state index contributed by atoms with van der Waals surface area (Å²) >= 11 is 0. The van der Waals surface area contributed by atoms with Crippen molar-refractivity contribution in [3.8, 4) is 0 Å². The zero-order chi connectivity index (χ0) is 13.5. The van der Waals surface area contributed by atoms with E-state index in [2.05, 4.69) is 18.7 Å². The van der Waals surface area contributed by atoms with E-state index in [1.54, 1.807) is 0 Å². The first-order valence-corrected chi connectivity index (χ1v) is 6.41. The molecule has 0 fully saturated rings. The minimum absolute atomic E-state index is 0.158. The highest BCUT2D eigenvalue weighted by Gasteiger charge is 2.13. The molecular formula is C14H21F2NO. The first-order chi connectivity index (χ1) is 8.58. The summed E-state index contributed by atoms with van der Waals surface area (Å²) in [6, 6.07) is 4.06. The lowest BCUT2D eigenvalue weighted by atomic mass is 10.0. The highest BCUT2D eigenvalue weighted by Crippen LogP contribution is 2.14. The normalized spacial score (nSPS) is 13.0. The number of benzene rings is 1. The van der Waals surface area contributed by atoms with Crippen LogP contribution in [0.5, 0.6) is 0 Å². The summed E-state index contributed by atoms with van der Waals surface area (Å²) < 4.78 is 26.4. The summed E-state index contributed by atoms with van der Waals surface area (Å²) in [7, 11) is 0. The molecule has 0 aliphatic carbocycles. The predicted octanol–water partition coefficient (Wildman–Crippen LogP) is 2.60. The lowest BCUT2D eigenvalue weighted by Gasteiger charge is -2.20. The molecule has 0 saturated carbocycles. The van der Waals surface area contributed by atoms with Crippen molar-refractivity contribution in [3.05, 3.63) is 35.4 Å². The first-order valence-electron chi connectivity index (χ1n) is 6.41. The van der Waals surface area contributed by atoms with Crippen LogP contribution in [0.2, 0.25) is 0 Å². The third-order valence-corrected chi connectivity index (χ3v) is 3.16. The van der Waals surface area contributed by atoms with E-state index in [0.717, 1.165) is 25.7 Å². The molecule has 2 nitrogen and oxygen atoms in total. The monoisotopic (exact) mass is 257 g/mol. The van der Waals surface area contributed by atoms with E-state index < -0.39 is 17.7 Å². The molecule has 0 heterocycles. The Morgan fingerprint density at radius 3 is 2.50 bits per heavy atom. The molecule has 18 heavy (non-hydrogen) atoms. The van der Waals surface area contributed by atoms with Gasteiger partial charge in [-0.05, 0) is 31.1 Å². The number of aliphatic hydroxyl groups is 1. The van der Waals surface area contributed by atoms with Crippen LogP contribution in [-0.2, 0) is 6.42 Å². The smallest absolute Gasteiger partial charge is 0.162 e. The zero-order valence-corrected chi connectivity index (χ0v) is 11.0. The van der Waals surface area contributed by atoms with E-state index in [9.17, 15) is 13.9 Å². The average molecular weight is 257 g/mol. The standard InChI is InChI=1S/C14H21F2NO/c1-3-17(4-2)9-8-12(18)10-11-6-5-7-13(15)14(11)16/h5-7,12,18H,3-4,8-10H2,1-2H3. The third-order valence-electron chi connectivity index (χ3n) is 3.16. The summed E-state index contributed by atoms with van der Waals surface area (Å²) in [4.78, 5) is 2.19. The maximum absolute atomic E-state index is 13.4. The predicted molar refractivity (Wildman–Crippen MR) is 68.5 cm³/mol. The van der Waals surface area contributed by atoms with E-state index in [1.165, 1.54) is 12.1 Å². The van der Waals surface area contributed by atoms with Crippen molar-refractivity contribution < 1.29 is 13.9 Å². The average Bonchev–Trinajstić information content (AvgIpc) is 2.36. The van der Waals surface area contributed by atoms with Crippen LogP contribution in [-0.4, -0.2) is 35.7 Å². The second-order valence-corrected chi connectivity index (χ2v) is 4.39. The minimum Gasteiger partial charge on any atom is -0.393 e. The molecule has 102 valence electrons. The fourth-order valence-corrected chi connectivity index (χ4v) is 1.93. The molecule has 0 spiro atoms. The van der Waals surface area contributed by atoms with Crippen LogP contribution >= 0.6 is 0 Å². The fraction of sp³-hybridized carbons (Fsp3) is 0.571. The van der Waals surface area contributed by atoms with Crippen molar-refractivity contribution >= 4 is 0 Å². The number of aliphatic hydroxyl groups excluding tert-OH is 1. The van der Waals surface area contributed by atoms with E-state index in [-0.39, 0.29) is 12.0 Å². The fourth-order valence-electron chi connectivity index (χ4n) is 1.93. The van der Waals surface area contributed by atoms with E-state index in [0.29, 0.717) is 6.42 Å². The number of rotatable bonds is 7. The summed E-state index contributed by atoms with van der Waals surface area (Å²) in [6.07, 6.45) is 0.0876. The Balaban J connectivity index is 2.49. The molecule has 1 aromatic carbocycles. The zero-order valence-electron chi connectivity index (χ0n) is 11.0. The largest absolute Gasteiger partial charge is 0.393 e. The number of nitrogens with zero attached hydrogens (tertiary/aromatic N) is 1. The SMILES string of the molecule is CCN(CC)CCC(O)Cc1cccc(F)c1F. The first kappa shape index (κ1) is 15.1. The number of hydrogen-bond acceptors (Lipinski definition) is 2. The van der Waals surface area contributed by atoms with Crippen molar-refractivity contribution in [1.82, 2.24) is 4.90 Å². The van der Waals surface area contributed by atoms with Gasteiger partial charge in [0.2, 0.25) is 0 Å². The second-order valence-electron chi connectivity index (χ2n) is 4.39. The molecule has 0 radical (unpaired) electrons. The van der Waals surface area contributed by atoms with Crippen molar-refractivity contribution in [2.45, 2.75) is 32.8 Å². The highest BCUT2D eigenvalue weighted by atomic mass is 19.2. The van der Waals surface area contributed by atoms with Gasteiger partial charge in [0.05, 0.1) is 6.10 Å². The third kappa shape index (κ3) is 4.35. The Morgan fingerprint density at radius 1 is 1.22 bits per heavy atom. The van der Waals surface area contributed by atoms with Crippen LogP contribution in [0.25, 0.3) is 0 Å². The molecular weight excluding hydrogens is 236 g/mol. The Bertz CT molecular complexity index is 367. The molecule has 1 aromatic rings. The van der Waals surface area contributed by atoms with Gasteiger partial charge in [-0.2, -0.15) is 0 Å². The number of halogens is 2. The number of hydrogen-bond donors (Lipinski definition) is 1. The molecule has 4 heteroatoms. The van der Waals surface area contributed by atoms with Gasteiger partial charge in [0.25, 0.3) is 0 Å². The molecule has 0 amide bonds. The van der Waals surface area contributed by atoms with Crippen LogP contribution in [0.15, 0.2) is 18.2 Å². The van der Waals surface area contributed by atoms with Crippen molar-refractivity contribution in [3.63, 3.8) is 0 Å². The molecule has 1 rings (SSSR count). The van der Waals surface area contributed by atoms with Crippen LogP contribution in [0.3, 0.4) is 0 Å². The quantitative estimate of drug-likeness (QED) is 0.811. The molecule has 0 aliphatic rings. The lowest BCUT2D eigenvalue weighted by Crippen LogP contribution is -2.27. The molecule has 0 aliphatic heterocycles. The molecule has 0 bridgehead atoms. The van der Waals surface area contributed by atoms with Gasteiger partial charge in [0.15, 0.2) is 11.6 Å². The summed E-state index contributed by atoms with van der Waals surface area (Å²) in [5.74, 6) is -1.71. The molecule has 1 atom stereocenters.